The fraction of sp³-hybridized carbons (Fsp3) is 0.545. The predicted molar refractivity (Wildman–Crippen MR) is 61.5 cm³/mol. The first-order valence-corrected chi connectivity index (χ1v) is 5.56. The molecule has 0 aromatic carbocycles. The lowest BCUT2D eigenvalue weighted by Gasteiger charge is -2.32. The van der Waals surface area contributed by atoms with Gasteiger partial charge in [-0.05, 0) is 25.0 Å². The number of aromatic nitrogens is 1. The summed E-state index contributed by atoms with van der Waals surface area (Å²) in [6.45, 7) is 2.05. The lowest BCUT2D eigenvalue weighted by molar-refractivity contribution is 0.0819. The van der Waals surface area contributed by atoms with Crippen LogP contribution in [0.25, 0.3) is 0 Å². The number of hydrogen-bond acceptors (Lipinski definition) is 3. The zero-order valence-electron chi connectivity index (χ0n) is 8.82. The first-order valence-electron chi connectivity index (χ1n) is 5.19. The van der Waals surface area contributed by atoms with Crippen molar-refractivity contribution in [2.45, 2.75) is 18.9 Å². The third-order valence-corrected chi connectivity index (χ3v) is 3.06. The molecule has 15 heavy (non-hydrogen) atoms. The zero-order valence-corrected chi connectivity index (χ0v) is 9.57. The van der Waals surface area contributed by atoms with Crippen LogP contribution in [0.3, 0.4) is 0 Å². The third-order valence-electron chi connectivity index (χ3n) is 2.85. The highest BCUT2D eigenvalue weighted by molar-refractivity contribution is 6.29. The molecule has 0 aliphatic carbocycles. The van der Waals surface area contributed by atoms with Crippen LogP contribution in [-0.4, -0.2) is 31.3 Å². The summed E-state index contributed by atoms with van der Waals surface area (Å²) in [4.78, 5) is 6.30. The minimum absolute atomic E-state index is 0.415. The molecule has 1 aromatic heterocycles. The van der Waals surface area contributed by atoms with E-state index in [1.54, 1.807) is 13.3 Å². The van der Waals surface area contributed by atoms with Gasteiger partial charge in [0.25, 0.3) is 0 Å². The lowest BCUT2D eigenvalue weighted by atomic mass is 10.1. The number of ether oxygens (including phenoxy) is 1. The lowest BCUT2D eigenvalue weighted by Crippen LogP contribution is -2.36. The number of anilines is 1. The molecule has 82 valence electrons. The smallest absolute Gasteiger partial charge is 0.131 e. The minimum atomic E-state index is 0.415. The van der Waals surface area contributed by atoms with Crippen LogP contribution < -0.4 is 4.90 Å². The van der Waals surface area contributed by atoms with E-state index in [1.165, 1.54) is 0 Å². The Hall–Kier alpha value is -0.800. The van der Waals surface area contributed by atoms with Gasteiger partial charge in [-0.1, -0.05) is 11.6 Å². The normalized spacial score (nSPS) is 18.1. The van der Waals surface area contributed by atoms with Gasteiger partial charge in [0.1, 0.15) is 5.15 Å². The van der Waals surface area contributed by atoms with E-state index < -0.39 is 0 Å². The van der Waals surface area contributed by atoms with Crippen LogP contribution >= 0.6 is 11.6 Å². The second-order valence-electron chi connectivity index (χ2n) is 3.76. The van der Waals surface area contributed by atoms with E-state index in [-0.39, 0.29) is 0 Å². The molecular weight excluding hydrogens is 212 g/mol. The van der Waals surface area contributed by atoms with Crippen LogP contribution in [0.2, 0.25) is 5.15 Å². The Bertz CT molecular complexity index is 324. The molecule has 0 spiro atoms. The highest BCUT2D eigenvalue weighted by Crippen LogP contribution is 2.22. The predicted octanol–water partition coefficient (Wildman–Crippen LogP) is 2.35. The van der Waals surface area contributed by atoms with Gasteiger partial charge in [0.2, 0.25) is 0 Å². The molecule has 0 radical (unpaired) electrons. The number of rotatable bonds is 2. The Balaban J connectivity index is 2.01. The van der Waals surface area contributed by atoms with Crippen LogP contribution in [0.1, 0.15) is 12.8 Å². The van der Waals surface area contributed by atoms with Crippen LogP contribution in [0, 0.1) is 0 Å². The van der Waals surface area contributed by atoms with Crippen molar-refractivity contribution in [1.82, 2.24) is 4.98 Å². The van der Waals surface area contributed by atoms with Gasteiger partial charge in [-0.15, -0.1) is 0 Å². The van der Waals surface area contributed by atoms with Crippen LogP contribution in [0.5, 0.6) is 0 Å². The SMILES string of the molecule is COC1CCN(c2ccnc(Cl)c2)CC1. The van der Waals surface area contributed by atoms with E-state index in [1.807, 2.05) is 12.1 Å². The van der Waals surface area contributed by atoms with E-state index in [2.05, 4.69) is 9.88 Å². The zero-order chi connectivity index (χ0) is 10.7. The van der Waals surface area contributed by atoms with Crippen molar-refractivity contribution < 1.29 is 4.74 Å². The second kappa shape index (κ2) is 4.81. The van der Waals surface area contributed by atoms with Crippen LogP contribution in [0.4, 0.5) is 5.69 Å². The second-order valence-corrected chi connectivity index (χ2v) is 4.15. The molecule has 0 atom stereocenters. The maximum Gasteiger partial charge on any atom is 0.131 e. The van der Waals surface area contributed by atoms with Gasteiger partial charge in [0, 0.05) is 32.1 Å². The highest BCUT2D eigenvalue weighted by Gasteiger charge is 2.18. The molecule has 0 unspecified atom stereocenters. The molecule has 2 heterocycles. The molecule has 1 aromatic rings. The van der Waals surface area contributed by atoms with Crippen molar-refractivity contribution in [3.63, 3.8) is 0 Å². The monoisotopic (exact) mass is 226 g/mol. The largest absolute Gasteiger partial charge is 0.381 e. The Kier molecular flexibility index (Phi) is 3.44. The fourth-order valence-corrected chi connectivity index (χ4v) is 2.11. The summed E-state index contributed by atoms with van der Waals surface area (Å²) in [7, 11) is 1.78. The molecule has 1 aliphatic rings. The first-order chi connectivity index (χ1) is 7.29. The Morgan fingerprint density at radius 1 is 1.47 bits per heavy atom. The molecule has 1 fully saturated rings. The average molecular weight is 227 g/mol. The van der Waals surface area contributed by atoms with Crippen LogP contribution in [0.15, 0.2) is 18.3 Å². The highest BCUT2D eigenvalue weighted by atomic mass is 35.5. The van der Waals surface area contributed by atoms with E-state index in [0.717, 1.165) is 31.6 Å². The average Bonchev–Trinajstić information content (AvgIpc) is 2.29. The number of pyridine rings is 1. The van der Waals surface area contributed by atoms with Gasteiger partial charge in [0.05, 0.1) is 6.10 Å². The van der Waals surface area contributed by atoms with Crippen molar-refractivity contribution in [3.05, 3.63) is 23.5 Å². The Morgan fingerprint density at radius 3 is 2.80 bits per heavy atom. The van der Waals surface area contributed by atoms with Crippen molar-refractivity contribution >= 4 is 17.3 Å². The molecule has 1 saturated heterocycles. The van der Waals surface area contributed by atoms with Gasteiger partial charge in [-0.3, -0.25) is 0 Å². The van der Waals surface area contributed by atoms with Gasteiger partial charge < -0.3 is 9.64 Å². The molecule has 0 N–H and O–H groups in total. The van der Waals surface area contributed by atoms with Crippen molar-refractivity contribution in [2.24, 2.45) is 0 Å². The summed E-state index contributed by atoms with van der Waals surface area (Å²) in [5, 5.41) is 0.557. The van der Waals surface area contributed by atoms with Gasteiger partial charge in [-0.25, -0.2) is 4.98 Å². The summed E-state index contributed by atoms with van der Waals surface area (Å²) in [6, 6.07) is 3.91. The van der Waals surface area contributed by atoms with E-state index >= 15 is 0 Å². The van der Waals surface area contributed by atoms with E-state index in [4.69, 9.17) is 16.3 Å². The number of halogens is 1. The summed E-state index contributed by atoms with van der Waals surface area (Å²) in [5.41, 5.74) is 1.16. The quantitative estimate of drug-likeness (QED) is 0.724. The van der Waals surface area contributed by atoms with E-state index in [9.17, 15) is 0 Å². The molecule has 0 amide bonds. The van der Waals surface area contributed by atoms with Crippen LogP contribution in [-0.2, 0) is 4.74 Å². The van der Waals surface area contributed by atoms with Crippen molar-refractivity contribution in [3.8, 4) is 0 Å². The third kappa shape index (κ3) is 2.61. The molecular formula is C11H15ClN2O. The molecule has 3 nitrogen and oxygen atoms in total. The first kappa shape index (κ1) is 10.7. The van der Waals surface area contributed by atoms with Crippen molar-refractivity contribution in [2.75, 3.05) is 25.1 Å². The summed E-state index contributed by atoms with van der Waals surface area (Å²) >= 11 is 5.86. The molecule has 0 bridgehead atoms. The Labute approximate surface area is 95.0 Å². The Morgan fingerprint density at radius 2 is 2.20 bits per heavy atom. The van der Waals surface area contributed by atoms with Gasteiger partial charge in [-0.2, -0.15) is 0 Å². The molecule has 0 saturated carbocycles. The summed E-state index contributed by atoms with van der Waals surface area (Å²) < 4.78 is 5.33. The standard InChI is InChI=1S/C11H15ClN2O/c1-15-10-3-6-14(7-4-10)9-2-5-13-11(12)8-9/h2,5,8,10H,3-4,6-7H2,1H3. The number of hydrogen-bond donors (Lipinski definition) is 0. The molecule has 2 rings (SSSR count). The number of methoxy groups -OCH3 is 1. The van der Waals surface area contributed by atoms with Crippen molar-refractivity contribution in [1.29, 1.82) is 0 Å². The van der Waals surface area contributed by atoms with Gasteiger partial charge >= 0.3 is 0 Å². The molecule has 1 aliphatic heterocycles. The fourth-order valence-electron chi connectivity index (χ4n) is 1.94. The van der Waals surface area contributed by atoms with E-state index in [0.29, 0.717) is 11.3 Å². The number of nitrogens with zero attached hydrogens (tertiary/aromatic N) is 2. The van der Waals surface area contributed by atoms with Gasteiger partial charge in [0.15, 0.2) is 0 Å². The topological polar surface area (TPSA) is 25.4 Å². The minimum Gasteiger partial charge on any atom is -0.381 e. The maximum absolute atomic E-state index is 5.86. The maximum atomic E-state index is 5.86. The summed E-state index contributed by atoms with van der Waals surface area (Å²) in [6.07, 6.45) is 4.33. The number of piperidine rings is 1. The summed E-state index contributed by atoms with van der Waals surface area (Å²) in [5.74, 6) is 0. The molecule has 4 heteroatoms.